The molecule has 3 N–H and O–H groups in total. The maximum Gasteiger partial charge on any atom is 0.0601 e. The average molecular weight is 184 g/mol. The van der Waals surface area contributed by atoms with Crippen LogP contribution in [-0.4, -0.2) is 31.3 Å². The molecule has 13 heavy (non-hydrogen) atoms. The molecule has 76 valence electrons. The van der Waals surface area contributed by atoms with Gasteiger partial charge in [0.25, 0.3) is 0 Å². The summed E-state index contributed by atoms with van der Waals surface area (Å²) in [5.74, 6) is 0. The molecule has 0 bridgehead atoms. The van der Waals surface area contributed by atoms with Crippen molar-refractivity contribution in [1.29, 1.82) is 0 Å². The Morgan fingerprint density at radius 3 is 2.46 bits per heavy atom. The van der Waals surface area contributed by atoms with Crippen LogP contribution < -0.4 is 11.1 Å². The van der Waals surface area contributed by atoms with E-state index >= 15 is 0 Å². The molecular weight excluding hydrogens is 164 g/mol. The Kier molecular flexibility index (Phi) is 2.86. The summed E-state index contributed by atoms with van der Waals surface area (Å²) in [6.45, 7) is 0. The van der Waals surface area contributed by atoms with Gasteiger partial charge in [-0.15, -0.1) is 0 Å². The second-order valence-corrected chi connectivity index (χ2v) is 4.46. The van der Waals surface area contributed by atoms with Crippen molar-refractivity contribution in [2.45, 2.75) is 56.3 Å². The number of methoxy groups -OCH3 is 1. The highest BCUT2D eigenvalue weighted by atomic mass is 16.5. The van der Waals surface area contributed by atoms with Crippen molar-refractivity contribution in [3.05, 3.63) is 0 Å². The molecule has 3 heteroatoms. The van der Waals surface area contributed by atoms with E-state index in [-0.39, 0.29) is 0 Å². The lowest BCUT2D eigenvalue weighted by molar-refractivity contribution is 0.0144. The Labute approximate surface area is 80.0 Å². The zero-order chi connectivity index (χ0) is 9.26. The van der Waals surface area contributed by atoms with E-state index in [0.29, 0.717) is 24.2 Å². The fourth-order valence-electron chi connectivity index (χ4n) is 2.40. The quantitative estimate of drug-likeness (QED) is 0.676. The molecule has 0 aromatic heterocycles. The van der Waals surface area contributed by atoms with Gasteiger partial charge in [0, 0.05) is 25.2 Å². The molecule has 2 rings (SSSR count). The van der Waals surface area contributed by atoms with E-state index in [9.17, 15) is 0 Å². The normalized spacial score (nSPS) is 44.8. The molecule has 0 radical (unpaired) electrons. The van der Waals surface area contributed by atoms with Gasteiger partial charge in [0.15, 0.2) is 0 Å². The highest BCUT2D eigenvalue weighted by molar-refractivity contribution is 4.91. The summed E-state index contributed by atoms with van der Waals surface area (Å²) in [5, 5.41) is 3.65. The maximum absolute atomic E-state index is 5.85. The minimum atomic E-state index is 0.441. The van der Waals surface area contributed by atoms with Gasteiger partial charge in [0.05, 0.1) is 6.10 Å². The Hall–Kier alpha value is -0.120. The van der Waals surface area contributed by atoms with E-state index in [2.05, 4.69) is 5.32 Å². The highest BCUT2D eigenvalue weighted by Crippen LogP contribution is 2.26. The van der Waals surface area contributed by atoms with Gasteiger partial charge in [-0.05, 0) is 32.1 Å². The minimum absolute atomic E-state index is 0.441. The minimum Gasteiger partial charge on any atom is -0.381 e. The van der Waals surface area contributed by atoms with Crippen molar-refractivity contribution in [1.82, 2.24) is 5.32 Å². The molecule has 2 unspecified atom stereocenters. The van der Waals surface area contributed by atoms with Crippen LogP contribution in [0.25, 0.3) is 0 Å². The van der Waals surface area contributed by atoms with E-state index in [1.165, 1.54) is 25.7 Å². The van der Waals surface area contributed by atoms with Crippen LogP contribution in [0.5, 0.6) is 0 Å². The first kappa shape index (κ1) is 9.44. The number of nitrogens with two attached hydrogens (primary N) is 1. The van der Waals surface area contributed by atoms with Crippen LogP contribution in [0.2, 0.25) is 0 Å². The second kappa shape index (κ2) is 3.95. The van der Waals surface area contributed by atoms with Crippen LogP contribution in [0.3, 0.4) is 0 Å². The van der Waals surface area contributed by atoms with Gasteiger partial charge in [-0.1, -0.05) is 0 Å². The number of ether oxygens (including phenoxy) is 1. The second-order valence-electron chi connectivity index (χ2n) is 4.46. The van der Waals surface area contributed by atoms with E-state index < -0.39 is 0 Å². The first-order chi connectivity index (χ1) is 6.28. The Balaban J connectivity index is 1.64. The van der Waals surface area contributed by atoms with Gasteiger partial charge in [0.1, 0.15) is 0 Å². The molecule has 2 fully saturated rings. The van der Waals surface area contributed by atoms with Crippen LogP contribution in [0, 0.1) is 0 Å². The van der Waals surface area contributed by atoms with Crippen LogP contribution >= 0.6 is 0 Å². The molecule has 0 aromatic rings. The van der Waals surface area contributed by atoms with Gasteiger partial charge in [0.2, 0.25) is 0 Å². The topological polar surface area (TPSA) is 47.3 Å². The smallest absolute Gasteiger partial charge is 0.0601 e. The van der Waals surface area contributed by atoms with E-state index in [1.54, 1.807) is 7.11 Å². The first-order valence-electron chi connectivity index (χ1n) is 5.32. The van der Waals surface area contributed by atoms with Crippen molar-refractivity contribution >= 4 is 0 Å². The monoisotopic (exact) mass is 184 g/mol. The van der Waals surface area contributed by atoms with E-state index in [0.717, 1.165) is 6.42 Å². The molecule has 0 heterocycles. The largest absolute Gasteiger partial charge is 0.381 e. The van der Waals surface area contributed by atoms with Crippen LogP contribution in [0.1, 0.15) is 32.1 Å². The fraction of sp³-hybridized carbons (Fsp3) is 1.00. The molecule has 2 atom stereocenters. The molecule has 2 aliphatic carbocycles. The van der Waals surface area contributed by atoms with Crippen molar-refractivity contribution in [2.24, 2.45) is 5.73 Å². The zero-order valence-corrected chi connectivity index (χ0v) is 8.33. The predicted octanol–water partition coefficient (Wildman–Crippen LogP) is 0.633. The Morgan fingerprint density at radius 2 is 1.92 bits per heavy atom. The first-order valence-corrected chi connectivity index (χ1v) is 5.32. The molecule has 3 nitrogen and oxygen atoms in total. The molecule has 0 amide bonds. The van der Waals surface area contributed by atoms with Gasteiger partial charge < -0.3 is 15.8 Å². The van der Waals surface area contributed by atoms with Crippen LogP contribution in [0.4, 0.5) is 0 Å². The number of rotatable bonds is 3. The lowest BCUT2D eigenvalue weighted by atomic mass is 9.88. The van der Waals surface area contributed by atoms with E-state index in [1.807, 2.05) is 0 Å². The standard InChI is InChI=1S/C10H20N2O/c1-13-10-5-9(6-10)12-8-3-2-7(11)4-8/h7-10,12H,2-6,11H2,1H3. The highest BCUT2D eigenvalue weighted by Gasteiger charge is 2.32. The predicted molar refractivity (Wildman–Crippen MR) is 52.6 cm³/mol. The zero-order valence-electron chi connectivity index (χ0n) is 8.33. The third-order valence-electron chi connectivity index (χ3n) is 3.37. The third kappa shape index (κ3) is 2.22. The maximum atomic E-state index is 5.85. The number of hydrogen-bond donors (Lipinski definition) is 2. The molecule has 2 saturated carbocycles. The summed E-state index contributed by atoms with van der Waals surface area (Å²) in [6.07, 6.45) is 6.49. The summed E-state index contributed by atoms with van der Waals surface area (Å²) >= 11 is 0. The molecule has 0 aromatic carbocycles. The van der Waals surface area contributed by atoms with Crippen molar-refractivity contribution in [2.75, 3.05) is 7.11 Å². The lowest BCUT2D eigenvalue weighted by Crippen LogP contribution is -2.48. The van der Waals surface area contributed by atoms with Crippen LogP contribution in [-0.2, 0) is 4.74 Å². The Bertz CT molecular complexity index is 168. The summed E-state index contributed by atoms with van der Waals surface area (Å²) in [6, 6.07) is 1.81. The van der Waals surface area contributed by atoms with Crippen LogP contribution in [0.15, 0.2) is 0 Å². The molecule has 2 aliphatic rings. The van der Waals surface area contributed by atoms with Gasteiger partial charge in [-0.25, -0.2) is 0 Å². The number of hydrogen-bond acceptors (Lipinski definition) is 3. The average Bonchev–Trinajstić information content (AvgIpc) is 2.43. The van der Waals surface area contributed by atoms with Crippen molar-refractivity contribution in [3.8, 4) is 0 Å². The molecule has 0 saturated heterocycles. The summed E-state index contributed by atoms with van der Waals surface area (Å²) in [5.41, 5.74) is 5.85. The molecular formula is C10H20N2O. The SMILES string of the molecule is COC1CC(NC2CCC(N)C2)C1. The molecule has 0 spiro atoms. The Morgan fingerprint density at radius 1 is 1.15 bits per heavy atom. The van der Waals surface area contributed by atoms with E-state index in [4.69, 9.17) is 10.5 Å². The van der Waals surface area contributed by atoms with Crippen molar-refractivity contribution in [3.63, 3.8) is 0 Å². The number of nitrogens with one attached hydrogen (secondary N) is 1. The fourth-order valence-corrected chi connectivity index (χ4v) is 2.40. The third-order valence-corrected chi connectivity index (χ3v) is 3.37. The molecule has 0 aliphatic heterocycles. The lowest BCUT2D eigenvalue weighted by Gasteiger charge is -2.36. The summed E-state index contributed by atoms with van der Waals surface area (Å²) in [7, 11) is 1.80. The summed E-state index contributed by atoms with van der Waals surface area (Å²) in [4.78, 5) is 0. The van der Waals surface area contributed by atoms with Gasteiger partial charge in [-0.3, -0.25) is 0 Å². The van der Waals surface area contributed by atoms with Gasteiger partial charge in [-0.2, -0.15) is 0 Å². The summed E-state index contributed by atoms with van der Waals surface area (Å²) < 4.78 is 5.24. The van der Waals surface area contributed by atoms with Crippen molar-refractivity contribution < 1.29 is 4.74 Å². The van der Waals surface area contributed by atoms with Gasteiger partial charge >= 0.3 is 0 Å².